The predicted molar refractivity (Wildman–Crippen MR) is 87.3 cm³/mol. The lowest BCUT2D eigenvalue weighted by Gasteiger charge is -1.96. The molecule has 0 spiro atoms. The second-order valence-corrected chi connectivity index (χ2v) is 5.06. The van der Waals surface area contributed by atoms with Crippen LogP contribution in [0.25, 0.3) is 0 Å². The van der Waals surface area contributed by atoms with Crippen molar-refractivity contribution in [3.63, 3.8) is 0 Å². The summed E-state index contributed by atoms with van der Waals surface area (Å²) in [6.07, 6.45) is 4.28. The minimum atomic E-state index is 0.784. The number of hydrogen-bond donors (Lipinski definition) is 1. The fourth-order valence-electron chi connectivity index (χ4n) is 2.22. The topological polar surface area (TPSA) is 41.6 Å². The summed E-state index contributed by atoms with van der Waals surface area (Å²) in [5.41, 5.74) is 4.29. The second kappa shape index (κ2) is 7.24. The van der Waals surface area contributed by atoms with Crippen molar-refractivity contribution in [3.05, 3.63) is 83.4 Å². The van der Waals surface area contributed by atoms with Crippen LogP contribution in [0, 0.1) is 11.8 Å². The highest BCUT2D eigenvalue weighted by Gasteiger charge is 2.01. The monoisotopic (exact) mass is 287 g/mol. The van der Waals surface area contributed by atoms with Crippen LogP contribution in [0.4, 0.5) is 0 Å². The standard InChI is InChI=1S/C19H17N3/c1-2-8-16(9-3-1)14-19-15-18(21-22-19)12-5-4-10-17-11-6-7-13-20-17/h1-3,6-9,11,13,15H,5,12,14H2,(H,21,22). The van der Waals surface area contributed by atoms with Crippen LogP contribution in [-0.4, -0.2) is 15.2 Å². The van der Waals surface area contributed by atoms with Crippen molar-refractivity contribution in [2.75, 3.05) is 0 Å². The Kier molecular flexibility index (Phi) is 4.63. The van der Waals surface area contributed by atoms with Gasteiger partial charge in [0.25, 0.3) is 0 Å². The molecule has 0 saturated carbocycles. The van der Waals surface area contributed by atoms with Gasteiger partial charge in [0, 0.05) is 31.2 Å². The Morgan fingerprint density at radius 3 is 2.68 bits per heavy atom. The van der Waals surface area contributed by atoms with Crippen molar-refractivity contribution < 1.29 is 0 Å². The number of aromatic nitrogens is 3. The predicted octanol–water partition coefficient (Wildman–Crippen LogP) is 3.38. The van der Waals surface area contributed by atoms with Crippen LogP contribution in [0.2, 0.25) is 0 Å². The summed E-state index contributed by atoms with van der Waals surface area (Å²) in [4.78, 5) is 4.18. The lowest BCUT2D eigenvalue weighted by molar-refractivity contribution is 0.915. The summed E-state index contributed by atoms with van der Waals surface area (Å²) >= 11 is 0. The molecule has 0 bridgehead atoms. The van der Waals surface area contributed by atoms with Gasteiger partial charge in [-0.3, -0.25) is 5.10 Å². The van der Waals surface area contributed by atoms with Crippen LogP contribution in [0.1, 0.15) is 29.1 Å². The molecule has 0 aliphatic carbocycles. The smallest absolute Gasteiger partial charge is 0.113 e. The van der Waals surface area contributed by atoms with E-state index in [4.69, 9.17) is 0 Å². The summed E-state index contributed by atoms with van der Waals surface area (Å²) in [6, 6.07) is 18.3. The number of nitrogens with zero attached hydrogens (tertiary/aromatic N) is 2. The van der Waals surface area contributed by atoms with Crippen molar-refractivity contribution in [3.8, 4) is 11.8 Å². The highest BCUT2D eigenvalue weighted by molar-refractivity contribution is 5.27. The van der Waals surface area contributed by atoms with E-state index in [1.54, 1.807) is 6.20 Å². The number of rotatable bonds is 4. The highest BCUT2D eigenvalue weighted by Crippen LogP contribution is 2.09. The van der Waals surface area contributed by atoms with Crippen LogP contribution >= 0.6 is 0 Å². The van der Waals surface area contributed by atoms with Crippen LogP contribution in [-0.2, 0) is 12.8 Å². The van der Waals surface area contributed by atoms with Crippen molar-refractivity contribution in [1.82, 2.24) is 15.2 Å². The molecule has 0 fully saturated rings. The van der Waals surface area contributed by atoms with Gasteiger partial charge in [0.15, 0.2) is 0 Å². The first kappa shape index (κ1) is 14.1. The van der Waals surface area contributed by atoms with E-state index in [0.717, 1.165) is 36.3 Å². The molecule has 2 heterocycles. The van der Waals surface area contributed by atoms with E-state index in [9.17, 15) is 0 Å². The Labute approximate surface area is 130 Å². The number of hydrogen-bond acceptors (Lipinski definition) is 2. The largest absolute Gasteiger partial charge is 0.282 e. The molecule has 3 nitrogen and oxygen atoms in total. The molecular formula is C19H17N3. The van der Waals surface area contributed by atoms with Gasteiger partial charge in [-0.25, -0.2) is 4.98 Å². The number of H-pyrrole nitrogens is 1. The molecule has 0 aliphatic heterocycles. The summed E-state index contributed by atoms with van der Waals surface area (Å²) in [5.74, 6) is 6.21. The van der Waals surface area contributed by atoms with Crippen molar-refractivity contribution in [1.29, 1.82) is 0 Å². The first-order valence-electron chi connectivity index (χ1n) is 7.37. The van der Waals surface area contributed by atoms with E-state index in [0.29, 0.717) is 0 Å². The second-order valence-electron chi connectivity index (χ2n) is 5.06. The number of benzene rings is 1. The maximum absolute atomic E-state index is 4.35. The van der Waals surface area contributed by atoms with Gasteiger partial charge in [0.2, 0.25) is 0 Å². The third kappa shape index (κ3) is 4.07. The van der Waals surface area contributed by atoms with Crippen molar-refractivity contribution >= 4 is 0 Å². The zero-order valence-electron chi connectivity index (χ0n) is 12.3. The Bertz CT molecular complexity index is 764. The first-order valence-corrected chi connectivity index (χ1v) is 7.37. The molecule has 0 amide bonds. The van der Waals surface area contributed by atoms with Gasteiger partial charge < -0.3 is 0 Å². The van der Waals surface area contributed by atoms with Gasteiger partial charge in [-0.05, 0) is 29.7 Å². The number of pyridine rings is 1. The maximum Gasteiger partial charge on any atom is 0.113 e. The molecule has 3 rings (SSSR count). The molecule has 0 aliphatic rings. The summed E-state index contributed by atoms with van der Waals surface area (Å²) < 4.78 is 0. The lowest BCUT2D eigenvalue weighted by atomic mass is 10.1. The van der Waals surface area contributed by atoms with E-state index >= 15 is 0 Å². The third-order valence-electron chi connectivity index (χ3n) is 3.31. The van der Waals surface area contributed by atoms with Crippen LogP contribution in [0.3, 0.4) is 0 Å². The lowest BCUT2D eigenvalue weighted by Crippen LogP contribution is -1.87. The zero-order chi connectivity index (χ0) is 15.0. The van der Waals surface area contributed by atoms with Gasteiger partial charge in [0.05, 0.1) is 5.69 Å². The van der Waals surface area contributed by atoms with Crippen LogP contribution in [0.5, 0.6) is 0 Å². The molecule has 1 N–H and O–H groups in total. The molecule has 0 atom stereocenters. The van der Waals surface area contributed by atoms with E-state index in [-0.39, 0.29) is 0 Å². The molecule has 1 aromatic carbocycles. The maximum atomic E-state index is 4.35. The fraction of sp³-hybridized carbons (Fsp3) is 0.158. The quantitative estimate of drug-likeness (QED) is 0.747. The van der Waals surface area contributed by atoms with Crippen molar-refractivity contribution in [2.45, 2.75) is 19.3 Å². The number of nitrogens with one attached hydrogen (secondary N) is 1. The molecule has 0 radical (unpaired) electrons. The number of aromatic amines is 1. The molecule has 2 aromatic heterocycles. The van der Waals surface area contributed by atoms with Gasteiger partial charge in [-0.15, -0.1) is 0 Å². The molecule has 3 heteroatoms. The molecule has 108 valence electrons. The Balaban J connectivity index is 1.53. The van der Waals surface area contributed by atoms with Gasteiger partial charge in [0.1, 0.15) is 5.69 Å². The summed E-state index contributed by atoms with van der Waals surface area (Å²) in [6.45, 7) is 0. The minimum Gasteiger partial charge on any atom is -0.282 e. The molecular weight excluding hydrogens is 270 g/mol. The number of aryl methyl sites for hydroxylation is 1. The molecule has 0 saturated heterocycles. The van der Waals surface area contributed by atoms with Gasteiger partial charge >= 0.3 is 0 Å². The summed E-state index contributed by atoms with van der Waals surface area (Å²) in [7, 11) is 0. The Hall–Kier alpha value is -2.86. The zero-order valence-corrected chi connectivity index (χ0v) is 12.3. The summed E-state index contributed by atoms with van der Waals surface area (Å²) in [5, 5.41) is 7.45. The average molecular weight is 287 g/mol. The molecule has 22 heavy (non-hydrogen) atoms. The Morgan fingerprint density at radius 2 is 1.86 bits per heavy atom. The van der Waals surface area contributed by atoms with E-state index < -0.39 is 0 Å². The van der Waals surface area contributed by atoms with Gasteiger partial charge in [-0.1, -0.05) is 42.3 Å². The van der Waals surface area contributed by atoms with E-state index in [1.807, 2.05) is 24.3 Å². The normalized spacial score (nSPS) is 10.0. The van der Waals surface area contributed by atoms with Gasteiger partial charge in [-0.2, -0.15) is 5.10 Å². The van der Waals surface area contributed by atoms with E-state index in [2.05, 4.69) is 57.4 Å². The van der Waals surface area contributed by atoms with E-state index in [1.165, 1.54) is 5.56 Å². The molecule has 0 unspecified atom stereocenters. The van der Waals surface area contributed by atoms with Crippen LogP contribution in [0.15, 0.2) is 60.8 Å². The first-order chi connectivity index (χ1) is 10.9. The SMILES string of the molecule is C(#Cc1ccccn1)CCc1cc(Cc2ccccc2)[nH]n1. The highest BCUT2D eigenvalue weighted by atomic mass is 15.1. The Morgan fingerprint density at radius 1 is 1.00 bits per heavy atom. The third-order valence-corrected chi connectivity index (χ3v) is 3.31. The average Bonchev–Trinajstić information content (AvgIpc) is 3.01. The fourth-order valence-corrected chi connectivity index (χ4v) is 2.22. The minimum absolute atomic E-state index is 0.784. The van der Waals surface area contributed by atoms with Crippen LogP contribution < -0.4 is 0 Å². The molecule has 3 aromatic rings. The van der Waals surface area contributed by atoms with Crippen molar-refractivity contribution in [2.24, 2.45) is 0 Å².